The van der Waals surface area contributed by atoms with Gasteiger partial charge < -0.3 is 33.5 Å². The molecule has 0 aromatic heterocycles. The molecule has 0 heterocycles. The number of rotatable bonds is 31. The van der Waals surface area contributed by atoms with Crippen LogP contribution in [-0.4, -0.2) is 99.7 Å². The summed E-state index contributed by atoms with van der Waals surface area (Å²) in [6.07, 6.45) is 14.4. The van der Waals surface area contributed by atoms with Crippen LogP contribution >= 0.6 is 0 Å². The first kappa shape index (κ1) is 43.3. The largest absolute Gasteiger partial charge is 0.462 e. The monoisotopic (exact) mass is 656 g/mol. The van der Waals surface area contributed by atoms with Gasteiger partial charge in [0.1, 0.15) is 19.5 Å². The molecular formula is C35H64N2O9. The molecule has 46 heavy (non-hydrogen) atoms. The Kier molecular flexibility index (Phi) is 29.1. The summed E-state index contributed by atoms with van der Waals surface area (Å²) in [6.45, 7) is 5.59. The summed E-state index contributed by atoms with van der Waals surface area (Å²) in [5.41, 5.74) is 0. The number of unbranched alkanes of at least 4 members (excludes halogenated alkanes) is 11. The first-order valence-corrected chi connectivity index (χ1v) is 17.7. The summed E-state index contributed by atoms with van der Waals surface area (Å²) in [5.74, 6) is -1.29. The Hall–Kier alpha value is -2.69. The molecule has 0 aromatic carbocycles. The zero-order chi connectivity index (χ0) is 34.3. The van der Waals surface area contributed by atoms with Gasteiger partial charge in [-0.1, -0.05) is 78.1 Å². The minimum atomic E-state index is -0.917. The van der Waals surface area contributed by atoms with Gasteiger partial charge in [0.2, 0.25) is 0 Å². The molecule has 1 amide bonds. The number of amides is 1. The predicted molar refractivity (Wildman–Crippen MR) is 178 cm³/mol. The smallest absolute Gasteiger partial charge is 0.409 e. The van der Waals surface area contributed by atoms with E-state index in [4.69, 9.17) is 18.9 Å². The molecule has 0 aliphatic heterocycles. The molecule has 0 saturated carbocycles. The summed E-state index contributed by atoms with van der Waals surface area (Å²) < 4.78 is 21.7. The quantitative estimate of drug-likeness (QED) is 0.0347. The first-order chi connectivity index (χ1) is 22.2. The van der Waals surface area contributed by atoms with E-state index in [0.29, 0.717) is 32.2 Å². The van der Waals surface area contributed by atoms with Gasteiger partial charge in [-0.25, -0.2) is 4.79 Å². The Morgan fingerprint density at radius 1 is 0.587 bits per heavy atom. The fourth-order valence-corrected chi connectivity index (χ4v) is 4.68. The Labute approximate surface area is 278 Å². The number of carbonyl (C=O) groups is 5. The molecule has 0 N–H and O–H groups in total. The zero-order valence-corrected chi connectivity index (χ0v) is 29.4. The lowest BCUT2D eigenvalue weighted by Crippen LogP contribution is -2.35. The van der Waals surface area contributed by atoms with Gasteiger partial charge >= 0.3 is 24.0 Å². The van der Waals surface area contributed by atoms with Gasteiger partial charge in [-0.3, -0.25) is 14.4 Å². The van der Waals surface area contributed by atoms with Crippen molar-refractivity contribution in [3.05, 3.63) is 0 Å². The van der Waals surface area contributed by atoms with E-state index in [0.717, 1.165) is 77.0 Å². The van der Waals surface area contributed by atoms with Crippen LogP contribution in [0.2, 0.25) is 0 Å². The second kappa shape index (κ2) is 30.9. The lowest BCUT2D eigenvalue weighted by Gasteiger charge is -2.22. The molecule has 0 radical (unpaired) electrons. The van der Waals surface area contributed by atoms with E-state index in [1.807, 2.05) is 19.0 Å². The maximum atomic E-state index is 12.7. The molecule has 0 fully saturated rings. The van der Waals surface area contributed by atoms with Crippen molar-refractivity contribution in [3.8, 4) is 0 Å². The molecule has 0 atom stereocenters. The molecule has 0 bridgehead atoms. The van der Waals surface area contributed by atoms with Gasteiger partial charge in [-0.15, -0.1) is 0 Å². The normalized spacial score (nSPS) is 11.0. The Morgan fingerprint density at radius 2 is 1.09 bits per heavy atom. The van der Waals surface area contributed by atoms with E-state index in [-0.39, 0.29) is 57.6 Å². The molecule has 268 valence electrons. The lowest BCUT2D eigenvalue weighted by atomic mass is 10.1. The highest BCUT2D eigenvalue weighted by molar-refractivity contribution is 5.71. The first-order valence-electron chi connectivity index (χ1n) is 17.7. The van der Waals surface area contributed by atoms with E-state index >= 15 is 0 Å². The Morgan fingerprint density at radius 3 is 1.61 bits per heavy atom. The maximum absolute atomic E-state index is 12.7. The van der Waals surface area contributed by atoms with Crippen LogP contribution in [0.4, 0.5) is 4.79 Å². The third-order valence-corrected chi connectivity index (χ3v) is 7.42. The van der Waals surface area contributed by atoms with Gasteiger partial charge in [0.25, 0.3) is 0 Å². The fourth-order valence-electron chi connectivity index (χ4n) is 4.68. The maximum Gasteiger partial charge on any atom is 0.409 e. The lowest BCUT2D eigenvalue weighted by molar-refractivity contribution is -0.167. The minimum absolute atomic E-state index is 0.00596. The van der Waals surface area contributed by atoms with Crippen molar-refractivity contribution in [1.82, 2.24) is 9.80 Å². The van der Waals surface area contributed by atoms with Crippen LogP contribution in [0.25, 0.3) is 0 Å². The number of hydrogen-bond donors (Lipinski definition) is 0. The highest BCUT2D eigenvalue weighted by Crippen LogP contribution is 2.11. The molecule has 0 unspecified atom stereocenters. The van der Waals surface area contributed by atoms with Crippen LogP contribution in [-0.2, 0) is 38.1 Å². The average Bonchev–Trinajstić information content (AvgIpc) is 3.03. The highest BCUT2D eigenvalue weighted by Gasteiger charge is 2.21. The van der Waals surface area contributed by atoms with E-state index in [2.05, 4.69) is 13.8 Å². The molecule has 0 aliphatic rings. The summed E-state index contributed by atoms with van der Waals surface area (Å²) >= 11 is 0. The van der Waals surface area contributed by atoms with Gasteiger partial charge in [0.05, 0.1) is 6.61 Å². The number of hydrogen-bond acceptors (Lipinski definition) is 10. The van der Waals surface area contributed by atoms with Gasteiger partial charge in [-0.2, -0.15) is 0 Å². The van der Waals surface area contributed by atoms with Crippen molar-refractivity contribution >= 4 is 30.3 Å². The average molecular weight is 657 g/mol. The highest BCUT2D eigenvalue weighted by atomic mass is 16.6. The van der Waals surface area contributed by atoms with Crippen LogP contribution < -0.4 is 0 Å². The summed E-state index contributed by atoms with van der Waals surface area (Å²) in [6, 6.07) is 0. The van der Waals surface area contributed by atoms with E-state index in [1.165, 1.54) is 17.7 Å². The molecule has 0 spiro atoms. The second-order valence-electron chi connectivity index (χ2n) is 12.2. The van der Waals surface area contributed by atoms with Crippen molar-refractivity contribution in [2.24, 2.45) is 0 Å². The van der Waals surface area contributed by atoms with Crippen LogP contribution in [0.3, 0.4) is 0 Å². The van der Waals surface area contributed by atoms with Crippen molar-refractivity contribution in [1.29, 1.82) is 0 Å². The number of ether oxygens (including phenoxy) is 4. The van der Waals surface area contributed by atoms with Crippen molar-refractivity contribution in [2.75, 3.05) is 53.6 Å². The third kappa shape index (κ3) is 27.6. The van der Waals surface area contributed by atoms with Crippen molar-refractivity contribution in [3.63, 3.8) is 0 Å². The summed E-state index contributed by atoms with van der Waals surface area (Å²) in [5, 5.41) is 0. The molecule has 0 saturated heterocycles. The van der Waals surface area contributed by atoms with Crippen LogP contribution in [0, 0.1) is 0 Å². The number of nitrogens with zero attached hydrogens (tertiary/aromatic N) is 2. The predicted octanol–water partition coefficient (Wildman–Crippen LogP) is 6.64. The SMILES string of the molecule is CCCCCCCCC(=O)OCC(COC(=O)CCCCCCCC)OC(=O)CCCN(CCCC=O)C(=O)OCCCN(C)C. The van der Waals surface area contributed by atoms with Crippen molar-refractivity contribution in [2.45, 2.75) is 142 Å². The van der Waals surface area contributed by atoms with Gasteiger partial charge in [0, 0.05) is 45.3 Å². The molecule has 0 rings (SSSR count). The van der Waals surface area contributed by atoms with Crippen molar-refractivity contribution < 1.29 is 42.9 Å². The molecular weight excluding hydrogens is 592 g/mol. The van der Waals surface area contributed by atoms with E-state index in [1.54, 1.807) is 0 Å². The molecule has 11 heteroatoms. The Balaban J connectivity index is 4.87. The van der Waals surface area contributed by atoms with Crippen LogP contribution in [0.1, 0.15) is 136 Å². The van der Waals surface area contributed by atoms with E-state index in [9.17, 15) is 24.0 Å². The second-order valence-corrected chi connectivity index (χ2v) is 12.2. The van der Waals surface area contributed by atoms with Gasteiger partial charge in [0.15, 0.2) is 6.10 Å². The summed E-state index contributed by atoms with van der Waals surface area (Å²) in [4.78, 5) is 64.2. The van der Waals surface area contributed by atoms with E-state index < -0.39 is 18.2 Å². The molecule has 0 aliphatic carbocycles. The Bertz CT molecular complexity index is 775. The molecule has 11 nitrogen and oxygen atoms in total. The van der Waals surface area contributed by atoms with Gasteiger partial charge in [-0.05, 0) is 46.2 Å². The third-order valence-electron chi connectivity index (χ3n) is 7.42. The number of esters is 3. The van der Waals surface area contributed by atoms with Crippen LogP contribution in [0.15, 0.2) is 0 Å². The summed E-state index contributed by atoms with van der Waals surface area (Å²) in [7, 11) is 3.89. The number of aldehydes is 1. The topological polar surface area (TPSA) is 129 Å². The van der Waals surface area contributed by atoms with Crippen LogP contribution in [0.5, 0.6) is 0 Å². The molecule has 0 aromatic rings. The minimum Gasteiger partial charge on any atom is -0.462 e. The number of carbonyl (C=O) groups excluding carboxylic acids is 5. The fraction of sp³-hybridized carbons (Fsp3) is 0.857. The zero-order valence-electron chi connectivity index (χ0n) is 29.4. The standard InChI is InChI=1S/C35H64N2O9/c1-5-7-9-11-13-15-21-32(39)44-29-31(30-45-33(40)22-16-14-12-10-8-6-2)46-34(41)23-19-26-37(25-17-18-27-38)35(42)43-28-20-24-36(3)4/h27,31H,5-26,28-30H2,1-4H3.